The molecule has 1 saturated carbocycles. The third-order valence-electron chi connectivity index (χ3n) is 3.93. The molecular weight excluding hydrogens is 228 g/mol. The summed E-state index contributed by atoms with van der Waals surface area (Å²) in [6.45, 7) is 2.21. The Hall–Kier alpha value is -1.48. The normalized spacial score (nSPS) is 18.6. The molecule has 1 fully saturated rings. The van der Waals surface area contributed by atoms with Crippen LogP contribution in [-0.4, -0.2) is 0 Å². The first-order valence-corrected chi connectivity index (χ1v) is 7.61. The van der Waals surface area contributed by atoms with Crippen molar-refractivity contribution in [2.24, 2.45) is 0 Å². The lowest BCUT2D eigenvalue weighted by atomic mass is 9.81. The monoisotopic (exact) mass is 252 g/mol. The van der Waals surface area contributed by atoms with Crippen LogP contribution in [0, 0.1) is 11.8 Å². The van der Waals surface area contributed by atoms with Crippen LogP contribution in [0.25, 0.3) is 0 Å². The van der Waals surface area contributed by atoms with Crippen LogP contribution >= 0.6 is 0 Å². The first-order valence-electron chi connectivity index (χ1n) is 7.61. The van der Waals surface area contributed by atoms with Gasteiger partial charge < -0.3 is 0 Å². The summed E-state index contributed by atoms with van der Waals surface area (Å²) < 4.78 is 0. The summed E-state index contributed by atoms with van der Waals surface area (Å²) >= 11 is 0. The fraction of sp³-hybridized carbons (Fsp3) is 0.474. The number of hydrogen-bond donors (Lipinski definition) is 0. The predicted molar refractivity (Wildman–Crippen MR) is 83.0 cm³/mol. The van der Waals surface area contributed by atoms with Gasteiger partial charge in [0.1, 0.15) is 0 Å². The quantitative estimate of drug-likeness (QED) is 0.494. The Labute approximate surface area is 117 Å². The molecule has 0 saturated heterocycles. The summed E-state index contributed by atoms with van der Waals surface area (Å²) in [4.78, 5) is 0. The third-order valence-corrected chi connectivity index (χ3v) is 3.93. The van der Waals surface area contributed by atoms with Gasteiger partial charge in [0, 0.05) is 6.42 Å². The second-order valence-electron chi connectivity index (χ2n) is 5.41. The Bertz CT molecular complexity index is 446. The van der Waals surface area contributed by atoms with E-state index in [0.29, 0.717) is 0 Å². The van der Waals surface area contributed by atoms with Crippen molar-refractivity contribution in [2.75, 3.05) is 0 Å². The fourth-order valence-corrected chi connectivity index (χ4v) is 2.68. The zero-order valence-corrected chi connectivity index (χ0v) is 12.0. The standard InChI is InChI=1S/C19H24/c1-2-3-4-5-7-10-17-13-15-19(16-14-17)18-11-8-6-9-12-18/h6,8-12,19H,2-4,13-16H2,1H3. The van der Waals surface area contributed by atoms with Gasteiger partial charge in [-0.2, -0.15) is 0 Å². The molecule has 19 heavy (non-hydrogen) atoms. The van der Waals surface area contributed by atoms with E-state index in [1.807, 2.05) is 0 Å². The first-order chi connectivity index (χ1) is 9.40. The lowest BCUT2D eigenvalue weighted by Crippen LogP contribution is -2.06. The smallest absolute Gasteiger partial charge is 0.00921 e. The highest BCUT2D eigenvalue weighted by atomic mass is 14.2. The second-order valence-corrected chi connectivity index (χ2v) is 5.41. The molecule has 1 aromatic carbocycles. The number of hydrogen-bond acceptors (Lipinski definition) is 0. The average Bonchev–Trinajstić information content (AvgIpc) is 2.49. The van der Waals surface area contributed by atoms with Gasteiger partial charge in [-0.15, -0.1) is 0 Å². The van der Waals surface area contributed by atoms with Crippen molar-refractivity contribution < 1.29 is 0 Å². The van der Waals surface area contributed by atoms with Gasteiger partial charge in [0.25, 0.3) is 0 Å². The minimum atomic E-state index is 0.756. The molecule has 0 radical (unpaired) electrons. The van der Waals surface area contributed by atoms with E-state index < -0.39 is 0 Å². The molecule has 0 spiro atoms. The van der Waals surface area contributed by atoms with Gasteiger partial charge in [-0.3, -0.25) is 0 Å². The molecule has 100 valence electrons. The van der Waals surface area contributed by atoms with Crippen LogP contribution < -0.4 is 0 Å². The molecule has 0 atom stereocenters. The van der Waals surface area contributed by atoms with Gasteiger partial charge in [-0.25, -0.2) is 0 Å². The van der Waals surface area contributed by atoms with E-state index in [9.17, 15) is 0 Å². The molecule has 1 aliphatic rings. The van der Waals surface area contributed by atoms with Crippen LogP contribution in [0.2, 0.25) is 0 Å². The van der Waals surface area contributed by atoms with Crippen molar-refractivity contribution in [3.05, 3.63) is 47.5 Å². The van der Waals surface area contributed by atoms with Gasteiger partial charge in [0.05, 0.1) is 0 Å². The fourth-order valence-electron chi connectivity index (χ4n) is 2.68. The molecule has 0 heteroatoms. The van der Waals surface area contributed by atoms with E-state index in [-0.39, 0.29) is 0 Å². The zero-order valence-electron chi connectivity index (χ0n) is 12.0. The Morgan fingerprint density at radius 1 is 1.16 bits per heavy atom. The topological polar surface area (TPSA) is 0 Å². The van der Waals surface area contributed by atoms with Crippen LogP contribution in [0.1, 0.15) is 63.4 Å². The molecule has 0 aliphatic heterocycles. The maximum Gasteiger partial charge on any atom is 0.00921 e. The molecule has 0 amide bonds. The van der Waals surface area contributed by atoms with E-state index in [4.69, 9.17) is 0 Å². The van der Waals surface area contributed by atoms with Crippen molar-refractivity contribution >= 4 is 0 Å². The third kappa shape index (κ3) is 4.60. The van der Waals surface area contributed by atoms with E-state index >= 15 is 0 Å². The van der Waals surface area contributed by atoms with Crippen LogP contribution in [-0.2, 0) is 0 Å². The van der Waals surface area contributed by atoms with Gasteiger partial charge in [0.2, 0.25) is 0 Å². The molecule has 0 heterocycles. The number of allylic oxidation sites excluding steroid dienone is 2. The molecule has 0 aromatic heterocycles. The summed E-state index contributed by atoms with van der Waals surface area (Å²) in [5.41, 5.74) is 3.06. The SMILES string of the molecule is CCCCC#CC=C1CCC(c2ccccc2)CC1. The Morgan fingerprint density at radius 2 is 1.89 bits per heavy atom. The maximum absolute atomic E-state index is 3.25. The van der Waals surface area contributed by atoms with Crippen LogP contribution in [0.15, 0.2) is 42.0 Å². The second kappa shape index (κ2) is 7.85. The highest BCUT2D eigenvalue weighted by Crippen LogP contribution is 2.34. The lowest BCUT2D eigenvalue weighted by Gasteiger charge is -2.23. The molecule has 0 unspecified atom stereocenters. The van der Waals surface area contributed by atoms with Gasteiger partial charge in [0.15, 0.2) is 0 Å². The number of rotatable bonds is 3. The molecule has 1 aromatic rings. The van der Waals surface area contributed by atoms with Crippen molar-refractivity contribution in [3.8, 4) is 11.8 Å². The lowest BCUT2D eigenvalue weighted by molar-refractivity contribution is 0.517. The van der Waals surface area contributed by atoms with Gasteiger partial charge in [-0.05, 0) is 49.7 Å². The van der Waals surface area contributed by atoms with Crippen LogP contribution in [0.3, 0.4) is 0 Å². The summed E-state index contributed by atoms with van der Waals surface area (Å²) in [6, 6.07) is 10.9. The summed E-state index contributed by atoms with van der Waals surface area (Å²) in [7, 11) is 0. The molecule has 2 rings (SSSR count). The highest BCUT2D eigenvalue weighted by Gasteiger charge is 2.17. The molecule has 0 nitrogen and oxygen atoms in total. The maximum atomic E-state index is 3.25. The van der Waals surface area contributed by atoms with Crippen LogP contribution in [0.4, 0.5) is 0 Å². The summed E-state index contributed by atoms with van der Waals surface area (Å²) in [6.07, 6.45) is 10.7. The Kier molecular flexibility index (Phi) is 5.76. The number of unbranched alkanes of at least 4 members (excludes halogenated alkanes) is 2. The summed E-state index contributed by atoms with van der Waals surface area (Å²) in [5.74, 6) is 7.24. The molecule has 1 aliphatic carbocycles. The van der Waals surface area contributed by atoms with Crippen LogP contribution in [0.5, 0.6) is 0 Å². The van der Waals surface area contributed by atoms with Crippen molar-refractivity contribution in [1.82, 2.24) is 0 Å². The predicted octanol–water partition coefficient (Wildman–Crippen LogP) is 5.46. The number of benzene rings is 1. The molecular formula is C19H24. The highest BCUT2D eigenvalue weighted by molar-refractivity contribution is 5.26. The van der Waals surface area contributed by atoms with Crippen molar-refractivity contribution in [3.63, 3.8) is 0 Å². The van der Waals surface area contributed by atoms with Gasteiger partial charge in [-0.1, -0.05) is 61.1 Å². The van der Waals surface area contributed by atoms with E-state index in [1.165, 1.54) is 44.1 Å². The zero-order chi connectivity index (χ0) is 13.3. The minimum Gasteiger partial charge on any atom is -0.0985 e. The van der Waals surface area contributed by atoms with Crippen molar-refractivity contribution in [2.45, 2.75) is 57.8 Å². The van der Waals surface area contributed by atoms with Gasteiger partial charge >= 0.3 is 0 Å². The molecule has 0 N–H and O–H groups in total. The van der Waals surface area contributed by atoms with E-state index in [0.717, 1.165) is 12.3 Å². The Morgan fingerprint density at radius 3 is 2.58 bits per heavy atom. The molecule has 0 bridgehead atoms. The summed E-state index contributed by atoms with van der Waals surface area (Å²) in [5, 5.41) is 0. The largest absolute Gasteiger partial charge is 0.0985 e. The van der Waals surface area contributed by atoms with Crippen molar-refractivity contribution in [1.29, 1.82) is 0 Å². The first kappa shape index (κ1) is 13.9. The average molecular weight is 252 g/mol. The minimum absolute atomic E-state index is 0.756. The Balaban J connectivity index is 1.82. The van der Waals surface area contributed by atoms with E-state index in [1.54, 1.807) is 5.57 Å². The van der Waals surface area contributed by atoms with E-state index in [2.05, 4.69) is 55.2 Å².